The van der Waals surface area contributed by atoms with Crippen LogP contribution in [0.15, 0.2) is 12.1 Å². The third-order valence-electron chi connectivity index (χ3n) is 4.64. The topological polar surface area (TPSA) is 80.5 Å². The maximum absolute atomic E-state index is 13.7. The van der Waals surface area contributed by atoms with Gasteiger partial charge in [0, 0.05) is 7.05 Å². The summed E-state index contributed by atoms with van der Waals surface area (Å²) in [5.41, 5.74) is 1.61. The van der Waals surface area contributed by atoms with E-state index in [1.165, 1.54) is 0 Å². The first-order valence-corrected chi connectivity index (χ1v) is 8.59. The molecule has 2 atom stereocenters. The predicted molar refractivity (Wildman–Crippen MR) is 97.5 cm³/mol. The molecule has 3 N–H and O–H groups in total. The van der Waals surface area contributed by atoms with Gasteiger partial charge in [-0.05, 0) is 32.9 Å². The van der Waals surface area contributed by atoms with Crippen LogP contribution in [0.2, 0.25) is 0 Å². The van der Waals surface area contributed by atoms with Crippen molar-refractivity contribution in [2.45, 2.75) is 26.8 Å². The van der Waals surface area contributed by atoms with Crippen LogP contribution in [0.25, 0.3) is 0 Å². The molecule has 2 rings (SSSR count). The van der Waals surface area contributed by atoms with E-state index in [9.17, 15) is 22.8 Å². The van der Waals surface area contributed by atoms with Crippen LogP contribution in [0.1, 0.15) is 18.3 Å². The number of likely N-dealkylation sites (N-methyl/N-ethyl adjacent to an activating group) is 1. The number of anilines is 2. The van der Waals surface area contributed by atoms with Gasteiger partial charge in [-0.1, -0.05) is 0 Å². The number of rotatable bonds is 6. The van der Waals surface area contributed by atoms with E-state index in [0.29, 0.717) is 16.3 Å². The molecule has 10 heteroatoms. The zero-order chi connectivity index (χ0) is 21.2. The summed E-state index contributed by atoms with van der Waals surface area (Å²) in [5, 5.41) is 9.21. The smallest absolute Gasteiger partial charge is 0.282 e. The van der Waals surface area contributed by atoms with Gasteiger partial charge in [-0.3, -0.25) is 14.3 Å². The van der Waals surface area contributed by atoms with Gasteiger partial charge in [0.15, 0.2) is 30.0 Å². The number of hydrogen-bond donors (Lipinski definition) is 3. The van der Waals surface area contributed by atoms with E-state index in [0.717, 1.165) is 17.8 Å². The average Bonchev–Trinajstić information content (AvgIpc) is 2.87. The second kappa shape index (κ2) is 8.42. The number of halogens is 3. The fourth-order valence-corrected chi connectivity index (χ4v) is 2.63. The Hall–Kier alpha value is -2.88. The molecular weight excluding hydrogens is 375 g/mol. The molecule has 0 radical (unpaired) electrons. The lowest BCUT2D eigenvalue weighted by Crippen LogP contribution is -3.14. The van der Waals surface area contributed by atoms with E-state index < -0.39 is 35.1 Å². The van der Waals surface area contributed by atoms with Crippen molar-refractivity contribution in [1.29, 1.82) is 0 Å². The number of nitrogens with zero attached hydrogens (tertiary/aromatic N) is 2. The molecule has 1 aromatic carbocycles. The van der Waals surface area contributed by atoms with Gasteiger partial charge in [0.25, 0.3) is 11.8 Å². The number of amides is 2. The van der Waals surface area contributed by atoms with Crippen molar-refractivity contribution in [3.05, 3.63) is 41.0 Å². The normalized spacial score (nSPS) is 13.1. The Bertz CT molecular complexity index is 913. The number of benzene rings is 1. The van der Waals surface area contributed by atoms with E-state index in [1.54, 1.807) is 32.6 Å². The van der Waals surface area contributed by atoms with Crippen LogP contribution in [-0.4, -0.2) is 41.2 Å². The second-order valence-electron chi connectivity index (χ2n) is 6.67. The van der Waals surface area contributed by atoms with Crippen LogP contribution in [0.4, 0.5) is 24.5 Å². The molecule has 152 valence electrons. The minimum Gasteiger partial charge on any atom is -0.320 e. The van der Waals surface area contributed by atoms with E-state index in [-0.39, 0.29) is 12.5 Å². The molecule has 0 aliphatic carbocycles. The van der Waals surface area contributed by atoms with Crippen molar-refractivity contribution < 1.29 is 27.7 Å². The lowest BCUT2D eigenvalue weighted by Gasteiger charge is -2.20. The van der Waals surface area contributed by atoms with Crippen molar-refractivity contribution in [2.75, 3.05) is 24.2 Å². The largest absolute Gasteiger partial charge is 0.320 e. The SMILES string of the molecule is Cc1nn(C)c(C)c1NC(=O)[C@H](C)[NH+](C)CC(=O)Nc1ccc(F)c(F)c1F. The number of aryl methyl sites for hydroxylation is 2. The van der Waals surface area contributed by atoms with Crippen LogP contribution in [0, 0.1) is 31.3 Å². The zero-order valence-corrected chi connectivity index (χ0v) is 16.3. The maximum atomic E-state index is 13.7. The molecule has 2 amide bonds. The fraction of sp³-hybridized carbons (Fsp3) is 0.389. The maximum Gasteiger partial charge on any atom is 0.282 e. The molecule has 1 heterocycles. The van der Waals surface area contributed by atoms with E-state index in [1.807, 2.05) is 6.92 Å². The summed E-state index contributed by atoms with van der Waals surface area (Å²) in [6, 6.07) is 1.05. The Morgan fingerprint density at radius 1 is 1.18 bits per heavy atom. The van der Waals surface area contributed by atoms with Crippen molar-refractivity contribution in [3.8, 4) is 0 Å². The molecule has 0 aliphatic rings. The van der Waals surface area contributed by atoms with Crippen molar-refractivity contribution in [1.82, 2.24) is 9.78 Å². The molecule has 0 saturated heterocycles. The third-order valence-corrected chi connectivity index (χ3v) is 4.64. The monoisotopic (exact) mass is 398 g/mol. The first kappa shape index (κ1) is 21.4. The number of carbonyl (C=O) groups excluding carboxylic acids is 2. The summed E-state index contributed by atoms with van der Waals surface area (Å²) >= 11 is 0. The highest BCUT2D eigenvalue weighted by Gasteiger charge is 2.26. The minimum atomic E-state index is -1.66. The molecule has 7 nitrogen and oxygen atoms in total. The lowest BCUT2D eigenvalue weighted by molar-refractivity contribution is -0.885. The fourth-order valence-electron chi connectivity index (χ4n) is 2.63. The first-order chi connectivity index (χ1) is 13.0. The summed E-state index contributed by atoms with van der Waals surface area (Å²) < 4.78 is 41.5. The van der Waals surface area contributed by atoms with Gasteiger partial charge in [-0.15, -0.1) is 0 Å². The summed E-state index contributed by atoms with van der Waals surface area (Å²) in [5.74, 6) is -5.43. The van der Waals surface area contributed by atoms with E-state index in [4.69, 9.17) is 0 Å². The number of hydrogen-bond acceptors (Lipinski definition) is 3. The standard InChI is InChI=1S/C18H22F3N5O2/c1-9-17(10(2)26(5)24-9)23-18(28)11(3)25(4)8-14(27)22-13-7-6-12(19)15(20)16(13)21/h6-7,11H,8H2,1-5H3,(H,22,27)(H,23,28)/p+1/t11-/m0/s1. The van der Waals surface area contributed by atoms with Crippen LogP contribution in [-0.2, 0) is 16.6 Å². The van der Waals surface area contributed by atoms with Crippen molar-refractivity contribution in [2.24, 2.45) is 7.05 Å². The number of aromatic nitrogens is 2. The Balaban J connectivity index is 1.99. The molecule has 2 aromatic rings. The Kier molecular flexibility index (Phi) is 6.45. The highest BCUT2D eigenvalue weighted by atomic mass is 19.2. The van der Waals surface area contributed by atoms with Gasteiger partial charge < -0.3 is 15.5 Å². The Labute approximate surface area is 160 Å². The Morgan fingerprint density at radius 2 is 1.82 bits per heavy atom. The average molecular weight is 398 g/mol. The van der Waals surface area contributed by atoms with Gasteiger partial charge >= 0.3 is 0 Å². The zero-order valence-electron chi connectivity index (χ0n) is 16.3. The quantitative estimate of drug-likeness (QED) is 0.634. The highest BCUT2D eigenvalue weighted by Crippen LogP contribution is 2.19. The van der Waals surface area contributed by atoms with Crippen LogP contribution >= 0.6 is 0 Å². The van der Waals surface area contributed by atoms with Crippen LogP contribution in [0.5, 0.6) is 0 Å². The molecule has 0 spiro atoms. The number of carbonyl (C=O) groups is 2. The summed E-state index contributed by atoms with van der Waals surface area (Å²) in [4.78, 5) is 25.1. The predicted octanol–water partition coefficient (Wildman–Crippen LogP) is 0.935. The number of quaternary nitrogens is 1. The van der Waals surface area contributed by atoms with Gasteiger partial charge in [0.1, 0.15) is 0 Å². The molecule has 0 bridgehead atoms. The Morgan fingerprint density at radius 3 is 2.39 bits per heavy atom. The highest BCUT2D eigenvalue weighted by molar-refractivity contribution is 5.95. The van der Waals surface area contributed by atoms with Gasteiger partial charge in [0.05, 0.1) is 29.8 Å². The summed E-state index contributed by atoms with van der Waals surface area (Å²) in [7, 11) is 3.38. The van der Waals surface area contributed by atoms with Crippen molar-refractivity contribution in [3.63, 3.8) is 0 Å². The van der Waals surface area contributed by atoms with Crippen molar-refractivity contribution >= 4 is 23.2 Å². The molecule has 1 aromatic heterocycles. The molecule has 28 heavy (non-hydrogen) atoms. The second-order valence-corrected chi connectivity index (χ2v) is 6.67. The summed E-state index contributed by atoms with van der Waals surface area (Å²) in [6.45, 7) is 5.05. The van der Waals surface area contributed by atoms with E-state index >= 15 is 0 Å². The van der Waals surface area contributed by atoms with Gasteiger partial charge in [-0.2, -0.15) is 5.10 Å². The van der Waals surface area contributed by atoms with Crippen LogP contribution in [0.3, 0.4) is 0 Å². The molecule has 0 aliphatic heterocycles. The van der Waals surface area contributed by atoms with Gasteiger partial charge in [0.2, 0.25) is 0 Å². The molecule has 0 fully saturated rings. The molecular formula is C18H23F3N5O2+. The first-order valence-electron chi connectivity index (χ1n) is 8.59. The molecule has 1 unspecified atom stereocenters. The number of nitrogens with one attached hydrogen (secondary N) is 3. The lowest BCUT2D eigenvalue weighted by atomic mass is 10.2. The van der Waals surface area contributed by atoms with E-state index in [2.05, 4.69) is 15.7 Å². The van der Waals surface area contributed by atoms with Crippen LogP contribution < -0.4 is 15.5 Å². The van der Waals surface area contributed by atoms with Gasteiger partial charge in [-0.25, -0.2) is 13.2 Å². The minimum absolute atomic E-state index is 0.183. The summed E-state index contributed by atoms with van der Waals surface area (Å²) in [6.07, 6.45) is 0. The molecule has 0 saturated carbocycles. The third kappa shape index (κ3) is 4.50.